The van der Waals surface area contributed by atoms with Crippen LogP contribution in [0, 0.1) is 0 Å². The minimum absolute atomic E-state index is 0. The lowest BCUT2D eigenvalue weighted by molar-refractivity contribution is 0.0893. The fourth-order valence-electron chi connectivity index (χ4n) is 3.03. The summed E-state index contributed by atoms with van der Waals surface area (Å²) in [5.74, 6) is 0. The van der Waals surface area contributed by atoms with Gasteiger partial charge in [-0.2, -0.15) is 0 Å². The van der Waals surface area contributed by atoms with Crippen LogP contribution in [0.2, 0.25) is 0 Å². The molecule has 2 unspecified atom stereocenters. The van der Waals surface area contributed by atoms with Crippen LogP contribution in [0.15, 0.2) is 30.3 Å². The highest BCUT2D eigenvalue weighted by Gasteiger charge is 2.33. The Kier molecular flexibility index (Phi) is 11.0. The predicted molar refractivity (Wildman–Crippen MR) is 97.9 cm³/mol. The third kappa shape index (κ3) is 6.55. The number of hydrogen-bond donors (Lipinski definition) is 3. The number of nitrogens with zero attached hydrogens (tertiary/aromatic N) is 1. The molecule has 1 saturated heterocycles. The van der Waals surface area contributed by atoms with Crippen LogP contribution in [0.5, 0.6) is 0 Å². The molecule has 0 saturated carbocycles. The second kappa shape index (κ2) is 11.5. The Hall–Kier alpha value is -1.01. The van der Waals surface area contributed by atoms with Crippen LogP contribution in [-0.4, -0.2) is 47.8 Å². The van der Waals surface area contributed by atoms with Crippen molar-refractivity contribution in [2.45, 2.75) is 37.8 Å². The quantitative estimate of drug-likeness (QED) is 0.678. The Morgan fingerprint density at radius 1 is 1.30 bits per heavy atom. The molecule has 1 aliphatic rings. The van der Waals surface area contributed by atoms with Crippen molar-refractivity contribution in [3.8, 4) is 0 Å². The zero-order valence-corrected chi connectivity index (χ0v) is 14.8. The number of piperidine rings is 1. The second-order valence-corrected chi connectivity index (χ2v) is 5.58. The van der Waals surface area contributed by atoms with Crippen LogP contribution in [0.25, 0.3) is 0 Å². The molecule has 1 aromatic rings. The molecule has 0 bridgehead atoms. The molecule has 5 nitrogen and oxygen atoms in total. The van der Waals surface area contributed by atoms with Crippen molar-refractivity contribution < 1.29 is 9.90 Å². The van der Waals surface area contributed by atoms with E-state index in [1.807, 2.05) is 18.2 Å². The van der Waals surface area contributed by atoms with Gasteiger partial charge in [0.15, 0.2) is 0 Å². The van der Waals surface area contributed by atoms with Crippen molar-refractivity contribution in [1.82, 2.24) is 10.2 Å². The molecule has 4 N–H and O–H groups in total. The summed E-state index contributed by atoms with van der Waals surface area (Å²) in [6.45, 7) is 2.13. The molecule has 0 spiro atoms. The van der Waals surface area contributed by atoms with Crippen molar-refractivity contribution >= 4 is 30.9 Å². The minimum Gasteiger partial charge on any atom is -0.465 e. The monoisotopic (exact) mass is 363 g/mol. The first-order valence-corrected chi connectivity index (χ1v) is 7.69. The first-order chi connectivity index (χ1) is 10.2. The van der Waals surface area contributed by atoms with Gasteiger partial charge in [0.25, 0.3) is 0 Å². The van der Waals surface area contributed by atoms with Gasteiger partial charge in [0.2, 0.25) is 0 Å². The second-order valence-electron chi connectivity index (χ2n) is 5.58. The summed E-state index contributed by atoms with van der Waals surface area (Å²) in [6.07, 6.45) is 2.79. The van der Waals surface area contributed by atoms with Crippen LogP contribution < -0.4 is 11.1 Å². The summed E-state index contributed by atoms with van der Waals surface area (Å²) in [5, 5.41) is 12.9. The van der Waals surface area contributed by atoms with Gasteiger partial charge in [-0.25, -0.2) is 4.79 Å². The molecule has 0 radical (unpaired) electrons. The van der Waals surface area contributed by atoms with Crippen molar-refractivity contribution in [1.29, 1.82) is 0 Å². The number of halogens is 2. The number of carboxylic acid groups (broad SMARTS) is 1. The Morgan fingerprint density at radius 2 is 2.00 bits per heavy atom. The fourth-order valence-corrected chi connectivity index (χ4v) is 3.03. The average molecular weight is 364 g/mol. The standard InChI is InChI=1S/C16H25N3O2.2ClH/c17-9-5-10-18-14-8-4-11-19(16(20)21)15(14)12-13-6-2-1-3-7-13;;/h1-3,6-7,14-15,18H,4-5,8-12,17H2,(H,20,21);2*1H. The number of benzene rings is 1. The SMILES string of the molecule is Cl.Cl.NCCCNC1CCCN(C(=O)O)C1Cc1ccccc1. The largest absolute Gasteiger partial charge is 0.465 e. The summed E-state index contributed by atoms with van der Waals surface area (Å²) in [7, 11) is 0. The molecule has 0 aromatic heterocycles. The molecule has 2 atom stereocenters. The molecule has 1 aromatic carbocycles. The Balaban J connectivity index is 0.00000242. The zero-order valence-electron chi connectivity index (χ0n) is 13.2. The molecule has 7 heteroatoms. The maximum absolute atomic E-state index is 11.5. The number of likely N-dealkylation sites (tertiary alicyclic amines) is 1. The van der Waals surface area contributed by atoms with Gasteiger partial charge in [-0.3, -0.25) is 0 Å². The van der Waals surface area contributed by atoms with Gasteiger partial charge in [0.1, 0.15) is 0 Å². The van der Waals surface area contributed by atoms with Crippen LogP contribution >= 0.6 is 24.8 Å². The number of amides is 1. The van der Waals surface area contributed by atoms with Crippen molar-refractivity contribution in [2.75, 3.05) is 19.6 Å². The maximum atomic E-state index is 11.5. The van der Waals surface area contributed by atoms with Gasteiger partial charge in [-0.05, 0) is 44.3 Å². The van der Waals surface area contributed by atoms with Gasteiger partial charge >= 0.3 is 6.09 Å². The Bertz CT molecular complexity index is 448. The number of hydrogen-bond acceptors (Lipinski definition) is 3. The van der Waals surface area contributed by atoms with Crippen LogP contribution in [-0.2, 0) is 6.42 Å². The third-order valence-corrected chi connectivity index (χ3v) is 4.10. The summed E-state index contributed by atoms with van der Waals surface area (Å²) < 4.78 is 0. The van der Waals surface area contributed by atoms with E-state index in [9.17, 15) is 9.90 Å². The topological polar surface area (TPSA) is 78.6 Å². The molecular formula is C16H27Cl2N3O2. The Morgan fingerprint density at radius 3 is 2.61 bits per heavy atom. The maximum Gasteiger partial charge on any atom is 0.407 e. The molecule has 132 valence electrons. The molecule has 1 aliphatic heterocycles. The molecule has 23 heavy (non-hydrogen) atoms. The molecule has 1 amide bonds. The lowest BCUT2D eigenvalue weighted by Gasteiger charge is -2.40. The molecule has 1 heterocycles. The van der Waals surface area contributed by atoms with Crippen LogP contribution in [0.1, 0.15) is 24.8 Å². The van der Waals surface area contributed by atoms with E-state index < -0.39 is 6.09 Å². The van der Waals surface area contributed by atoms with Crippen molar-refractivity contribution in [3.63, 3.8) is 0 Å². The molecule has 0 aliphatic carbocycles. The van der Waals surface area contributed by atoms with Crippen molar-refractivity contribution in [2.24, 2.45) is 5.73 Å². The number of nitrogens with one attached hydrogen (secondary N) is 1. The highest BCUT2D eigenvalue weighted by Crippen LogP contribution is 2.21. The highest BCUT2D eigenvalue weighted by atomic mass is 35.5. The van der Waals surface area contributed by atoms with E-state index in [1.165, 1.54) is 5.56 Å². The smallest absolute Gasteiger partial charge is 0.407 e. The van der Waals surface area contributed by atoms with E-state index in [4.69, 9.17) is 5.73 Å². The first kappa shape index (κ1) is 22.0. The third-order valence-electron chi connectivity index (χ3n) is 4.10. The summed E-state index contributed by atoms with van der Waals surface area (Å²) in [5.41, 5.74) is 6.72. The summed E-state index contributed by atoms with van der Waals surface area (Å²) in [4.78, 5) is 13.1. The van der Waals surface area contributed by atoms with Crippen molar-refractivity contribution in [3.05, 3.63) is 35.9 Å². The lowest BCUT2D eigenvalue weighted by Crippen LogP contribution is -2.56. The highest BCUT2D eigenvalue weighted by molar-refractivity contribution is 5.85. The normalized spacial score (nSPS) is 20.3. The van der Waals surface area contributed by atoms with E-state index in [2.05, 4.69) is 17.4 Å². The molecule has 2 rings (SSSR count). The van der Waals surface area contributed by atoms with E-state index in [0.717, 1.165) is 32.2 Å². The number of rotatable bonds is 6. The van der Waals surface area contributed by atoms with E-state index in [-0.39, 0.29) is 36.9 Å². The summed E-state index contributed by atoms with van der Waals surface area (Å²) in [6, 6.07) is 10.3. The zero-order chi connectivity index (χ0) is 15.1. The first-order valence-electron chi connectivity index (χ1n) is 7.69. The van der Waals surface area contributed by atoms with Gasteiger partial charge in [0, 0.05) is 12.6 Å². The molecular weight excluding hydrogens is 337 g/mol. The Labute approximate surface area is 150 Å². The fraction of sp³-hybridized carbons (Fsp3) is 0.562. The predicted octanol–water partition coefficient (Wildman–Crippen LogP) is 2.52. The summed E-state index contributed by atoms with van der Waals surface area (Å²) >= 11 is 0. The van der Waals surface area contributed by atoms with Gasteiger partial charge < -0.3 is 21.1 Å². The lowest BCUT2D eigenvalue weighted by atomic mass is 9.91. The molecule has 1 fully saturated rings. The average Bonchev–Trinajstić information content (AvgIpc) is 2.49. The van der Waals surface area contributed by atoms with Crippen LogP contribution in [0.4, 0.5) is 4.79 Å². The van der Waals surface area contributed by atoms with Gasteiger partial charge in [-0.1, -0.05) is 30.3 Å². The van der Waals surface area contributed by atoms with Crippen LogP contribution in [0.3, 0.4) is 0 Å². The number of carbonyl (C=O) groups is 1. The van der Waals surface area contributed by atoms with E-state index in [0.29, 0.717) is 13.1 Å². The number of nitrogens with two attached hydrogens (primary N) is 1. The van der Waals surface area contributed by atoms with E-state index >= 15 is 0 Å². The minimum atomic E-state index is -0.818. The van der Waals surface area contributed by atoms with Gasteiger partial charge in [-0.15, -0.1) is 24.8 Å². The van der Waals surface area contributed by atoms with Gasteiger partial charge in [0.05, 0.1) is 6.04 Å². The van der Waals surface area contributed by atoms with E-state index in [1.54, 1.807) is 4.90 Å².